The summed E-state index contributed by atoms with van der Waals surface area (Å²) in [7, 11) is 0. The first-order valence-electron chi connectivity index (χ1n) is 7.98. The van der Waals surface area contributed by atoms with Crippen LogP contribution in [0.5, 0.6) is 0 Å². The Bertz CT molecular complexity index is 371. The first kappa shape index (κ1) is 18.0. The Balaban J connectivity index is 2.27. The number of nitrogens with zero attached hydrogens (tertiary/aromatic N) is 1. The molecule has 0 bridgehead atoms. The zero-order chi connectivity index (χ0) is 16.0. The molecule has 0 aromatic carbocycles. The predicted molar refractivity (Wildman–Crippen MR) is 83.1 cm³/mol. The molecule has 122 valence electrons. The van der Waals surface area contributed by atoms with Crippen molar-refractivity contribution in [2.24, 2.45) is 11.3 Å². The van der Waals surface area contributed by atoms with Crippen molar-refractivity contribution in [3.05, 3.63) is 0 Å². The number of carbonyl (C=O) groups is 2. The Hall–Kier alpha value is -1.10. The molecule has 1 saturated heterocycles. The van der Waals surface area contributed by atoms with Gasteiger partial charge >= 0.3 is 5.97 Å². The Morgan fingerprint density at radius 3 is 2.48 bits per heavy atom. The molecule has 0 aromatic heterocycles. The fourth-order valence-electron chi connectivity index (χ4n) is 2.79. The van der Waals surface area contributed by atoms with Crippen LogP contribution >= 0.6 is 0 Å². The van der Waals surface area contributed by atoms with Crippen molar-refractivity contribution in [2.45, 2.75) is 59.4 Å². The van der Waals surface area contributed by atoms with Crippen molar-refractivity contribution in [3.8, 4) is 0 Å². The SMILES string of the molecule is CC(C)CCCC(C)NC(=O)CN1CCC(C)(C(=O)O)C1. The lowest BCUT2D eigenvalue weighted by Crippen LogP contribution is -2.41. The summed E-state index contributed by atoms with van der Waals surface area (Å²) in [6, 6.07) is 0.185. The van der Waals surface area contributed by atoms with Gasteiger partial charge in [0.15, 0.2) is 0 Å². The maximum absolute atomic E-state index is 12.0. The van der Waals surface area contributed by atoms with E-state index >= 15 is 0 Å². The van der Waals surface area contributed by atoms with E-state index in [2.05, 4.69) is 19.2 Å². The van der Waals surface area contributed by atoms with Gasteiger partial charge < -0.3 is 10.4 Å². The lowest BCUT2D eigenvalue weighted by Gasteiger charge is -2.21. The summed E-state index contributed by atoms with van der Waals surface area (Å²) >= 11 is 0. The number of hydrogen-bond donors (Lipinski definition) is 2. The molecule has 0 radical (unpaired) electrons. The summed E-state index contributed by atoms with van der Waals surface area (Å²) in [5, 5.41) is 12.2. The monoisotopic (exact) mass is 298 g/mol. The standard InChI is InChI=1S/C16H30N2O3/c1-12(2)6-5-7-13(3)17-14(19)10-18-9-8-16(4,11-18)15(20)21/h12-13H,5-11H2,1-4H3,(H,17,19)(H,20,21). The molecular formula is C16H30N2O3. The molecule has 2 unspecified atom stereocenters. The average molecular weight is 298 g/mol. The van der Waals surface area contributed by atoms with E-state index in [0.717, 1.165) is 12.8 Å². The second-order valence-corrected chi connectivity index (χ2v) is 7.12. The number of carboxylic acids is 1. The van der Waals surface area contributed by atoms with E-state index in [9.17, 15) is 14.7 Å². The van der Waals surface area contributed by atoms with Gasteiger partial charge in [-0.1, -0.05) is 26.7 Å². The Morgan fingerprint density at radius 2 is 1.95 bits per heavy atom. The number of rotatable bonds is 8. The summed E-state index contributed by atoms with van der Waals surface area (Å²) in [6.45, 7) is 9.63. The number of carboxylic acid groups (broad SMARTS) is 1. The van der Waals surface area contributed by atoms with Gasteiger partial charge in [-0.05, 0) is 39.2 Å². The summed E-state index contributed by atoms with van der Waals surface area (Å²) in [4.78, 5) is 25.1. The number of carbonyl (C=O) groups excluding carboxylic acids is 1. The average Bonchev–Trinajstić information content (AvgIpc) is 2.71. The molecule has 2 N–H and O–H groups in total. The molecule has 21 heavy (non-hydrogen) atoms. The summed E-state index contributed by atoms with van der Waals surface area (Å²) < 4.78 is 0. The van der Waals surface area contributed by atoms with Gasteiger partial charge in [0.1, 0.15) is 0 Å². The third kappa shape index (κ3) is 6.04. The lowest BCUT2D eigenvalue weighted by molar-refractivity contribution is -0.147. The van der Waals surface area contributed by atoms with Crippen LogP contribution in [0.15, 0.2) is 0 Å². The normalized spacial score (nSPS) is 24.2. The highest BCUT2D eigenvalue weighted by Gasteiger charge is 2.40. The summed E-state index contributed by atoms with van der Waals surface area (Å²) in [6.07, 6.45) is 3.92. The molecule has 1 aliphatic heterocycles. The fraction of sp³-hybridized carbons (Fsp3) is 0.875. The number of nitrogens with one attached hydrogen (secondary N) is 1. The number of hydrogen-bond acceptors (Lipinski definition) is 3. The van der Waals surface area contributed by atoms with Gasteiger partial charge in [0, 0.05) is 12.6 Å². The van der Waals surface area contributed by atoms with Gasteiger partial charge in [-0.2, -0.15) is 0 Å². The number of likely N-dealkylation sites (tertiary alicyclic amines) is 1. The minimum absolute atomic E-state index is 0.00156. The number of aliphatic carboxylic acids is 1. The van der Waals surface area contributed by atoms with Crippen molar-refractivity contribution >= 4 is 11.9 Å². The molecule has 0 aromatic rings. The van der Waals surface area contributed by atoms with Gasteiger partial charge in [0.05, 0.1) is 12.0 Å². The van der Waals surface area contributed by atoms with Gasteiger partial charge in [-0.25, -0.2) is 0 Å². The maximum Gasteiger partial charge on any atom is 0.310 e. The van der Waals surface area contributed by atoms with E-state index in [1.165, 1.54) is 6.42 Å². The highest BCUT2D eigenvalue weighted by Crippen LogP contribution is 2.29. The van der Waals surface area contributed by atoms with Crippen molar-refractivity contribution in [1.82, 2.24) is 10.2 Å². The fourth-order valence-corrected chi connectivity index (χ4v) is 2.79. The second kappa shape index (κ2) is 7.78. The molecule has 1 rings (SSSR count). The molecule has 1 amide bonds. The third-order valence-corrected chi connectivity index (χ3v) is 4.26. The molecular weight excluding hydrogens is 268 g/mol. The van der Waals surface area contributed by atoms with Crippen LogP contribution in [0, 0.1) is 11.3 Å². The molecule has 0 spiro atoms. The second-order valence-electron chi connectivity index (χ2n) is 7.12. The summed E-state index contributed by atoms with van der Waals surface area (Å²) in [5.41, 5.74) is -0.705. The minimum Gasteiger partial charge on any atom is -0.481 e. The molecule has 5 nitrogen and oxygen atoms in total. The van der Waals surface area contributed by atoms with E-state index < -0.39 is 11.4 Å². The van der Waals surface area contributed by atoms with E-state index in [4.69, 9.17) is 0 Å². The topological polar surface area (TPSA) is 69.6 Å². The Morgan fingerprint density at radius 1 is 1.29 bits per heavy atom. The molecule has 0 aliphatic carbocycles. The smallest absolute Gasteiger partial charge is 0.310 e. The van der Waals surface area contributed by atoms with Gasteiger partial charge in [0.2, 0.25) is 5.91 Å². The highest BCUT2D eigenvalue weighted by molar-refractivity contribution is 5.79. The van der Waals surface area contributed by atoms with Crippen LogP contribution < -0.4 is 5.32 Å². The van der Waals surface area contributed by atoms with Crippen LogP contribution in [0.4, 0.5) is 0 Å². The lowest BCUT2D eigenvalue weighted by atomic mass is 9.90. The molecule has 0 saturated carbocycles. The molecule has 1 fully saturated rings. The van der Waals surface area contributed by atoms with Crippen LogP contribution in [-0.4, -0.2) is 47.6 Å². The van der Waals surface area contributed by atoms with Crippen LogP contribution in [0.2, 0.25) is 0 Å². The molecule has 1 heterocycles. The third-order valence-electron chi connectivity index (χ3n) is 4.26. The number of amides is 1. The van der Waals surface area contributed by atoms with Crippen molar-refractivity contribution in [1.29, 1.82) is 0 Å². The predicted octanol–water partition coefficient (Wildman–Crippen LogP) is 2.11. The van der Waals surface area contributed by atoms with E-state index in [0.29, 0.717) is 32.0 Å². The summed E-state index contributed by atoms with van der Waals surface area (Å²) in [5.74, 6) is -0.0691. The zero-order valence-corrected chi connectivity index (χ0v) is 13.8. The Kier molecular flexibility index (Phi) is 6.65. The van der Waals surface area contributed by atoms with Crippen LogP contribution in [0.25, 0.3) is 0 Å². The maximum atomic E-state index is 12.0. The van der Waals surface area contributed by atoms with Crippen LogP contribution in [0.1, 0.15) is 53.4 Å². The Labute approximate surface area is 128 Å². The first-order valence-corrected chi connectivity index (χ1v) is 7.98. The zero-order valence-electron chi connectivity index (χ0n) is 13.8. The molecule has 1 aliphatic rings. The van der Waals surface area contributed by atoms with E-state index in [-0.39, 0.29) is 11.9 Å². The van der Waals surface area contributed by atoms with Crippen molar-refractivity contribution in [3.63, 3.8) is 0 Å². The molecule has 2 atom stereocenters. The van der Waals surface area contributed by atoms with Crippen LogP contribution in [-0.2, 0) is 9.59 Å². The van der Waals surface area contributed by atoms with E-state index in [1.807, 2.05) is 11.8 Å². The largest absolute Gasteiger partial charge is 0.481 e. The first-order chi connectivity index (χ1) is 9.73. The van der Waals surface area contributed by atoms with Gasteiger partial charge in [-0.3, -0.25) is 14.5 Å². The van der Waals surface area contributed by atoms with Crippen molar-refractivity contribution in [2.75, 3.05) is 19.6 Å². The van der Waals surface area contributed by atoms with Crippen molar-refractivity contribution < 1.29 is 14.7 Å². The quantitative estimate of drug-likeness (QED) is 0.720. The highest BCUT2D eigenvalue weighted by atomic mass is 16.4. The van der Waals surface area contributed by atoms with Gasteiger partial charge in [0.25, 0.3) is 0 Å². The van der Waals surface area contributed by atoms with Gasteiger partial charge in [-0.15, -0.1) is 0 Å². The molecule has 5 heteroatoms. The minimum atomic E-state index is -0.771. The van der Waals surface area contributed by atoms with Crippen LogP contribution in [0.3, 0.4) is 0 Å². The van der Waals surface area contributed by atoms with E-state index in [1.54, 1.807) is 6.92 Å².